The third-order valence-electron chi connectivity index (χ3n) is 6.62. The number of hydrogen-bond donors (Lipinski definition) is 1. The van der Waals surface area contributed by atoms with Crippen molar-refractivity contribution in [2.24, 2.45) is 0 Å². The molecule has 1 aliphatic heterocycles. The molecule has 1 unspecified atom stereocenters. The van der Waals surface area contributed by atoms with Gasteiger partial charge in [-0.25, -0.2) is 0 Å². The highest BCUT2D eigenvalue weighted by Gasteiger charge is 2.42. The lowest BCUT2D eigenvalue weighted by molar-refractivity contribution is 0.0508. The number of ether oxygens (including phenoxy) is 1. The van der Waals surface area contributed by atoms with E-state index in [-0.39, 0.29) is 5.91 Å². The van der Waals surface area contributed by atoms with Gasteiger partial charge in [0.1, 0.15) is 11.4 Å². The number of nitrogens with zero attached hydrogens (tertiary/aromatic N) is 1. The van der Waals surface area contributed by atoms with Crippen molar-refractivity contribution in [3.8, 4) is 5.75 Å². The molecule has 176 valence electrons. The van der Waals surface area contributed by atoms with Crippen LogP contribution in [-0.4, -0.2) is 17.4 Å². The van der Waals surface area contributed by atoms with Gasteiger partial charge in [0.15, 0.2) is 0 Å². The van der Waals surface area contributed by atoms with E-state index in [2.05, 4.69) is 60.8 Å². The molecule has 1 amide bonds. The van der Waals surface area contributed by atoms with E-state index in [9.17, 15) is 4.79 Å². The van der Waals surface area contributed by atoms with Gasteiger partial charge in [0.2, 0.25) is 0 Å². The Morgan fingerprint density at radius 1 is 0.800 bits per heavy atom. The highest BCUT2D eigenvalue weighted by molar-refractivity contribution is 6.02. The van der Waals surface area contributed by atoms with Crippen molar-refractivity contribution >= 4 is 11.6 Å². The Labute approximate surface area is 207 Å². The van der Waals surface area contributed by atoms with Crippen LogP contribution >= 0.6 is 0 Å². The molecule has 0 aromatic heterocycles. The number of aryl methyl sites for hydroxylation is 1. The van der Waals surface area contributed by atoms with Gasteiger partial charge in [-0.05, 0) is 55.2 Å². The molecule has 0 saturated heterocycles. The zero-order valence-electron chi connectivity index (χ0n) is 20.0. The van der Waals surface area contributed by atoms with E-state index in [4.69, 9.17) is 4.74 Å². The molecule has 0 fully saturated rings. The first-order valence-corrected chi connectivity index (χ1v) is 12.1. The van der Waals surface area contributed by atoms with Crippen LogP contribution in [0.3, 0.4) is 0 Å². The summed E-state index contributed by atoms with van der Waals surface area (Å²) in [6.07, 6.45) is 1.92. The monoisotopic (exact) mass is 462 g/mol. The Kier molecular flexibility index (Phi) is 6.53. The fourth-order valence-corrected chi connectivity index (χ4v) is 4.68. The highest BCUT2D eigenvalue weighted by atomic mass is 16.5. The minimum Gasteiger partial charge on any atom is -0.494 e. The minimum absolute atomic E-state index is 0.0138. The molecule has 0 saturated carbocycles. The molecule has 0 bridgehead atoms. The van der Waals surface area contributed by atoms with Gasteiger partial charge in [0, 0.05) is 17.8 Å². The maximum atomic E-state index is 13.7. The Balaban J connectivity index is 1.39. The first kappa shape index (κ1) is 22.7. The van der Waals surface area contributed by atoms with Gasteiger partial charge >= 0.3 is 0 Å². The number of nitrogens with one attached hydrogen (secondary N) is 1. The van der Waals surface area contributed by atoms with Gasteiger partial charge in [-0.15, -0.1) is 0 Å². The Bertz CT molecular complexity index is 1290. The van der Waals surface area contributed by atoms with Crippen molar-refractivity contribution in [1.82, 2.24) is 4.90 Å². The SMILES string of the molecule is CC1(c2cccc(OCCCc3ccccc3)c2)Nc2ccccc2C(=O)N1Cc1ccccc1. The van der Waals surface area contributed by atoms with E-state index in [0.29, 0.717) is 18.7 Å². The first-order chi connectivity index (χ1) is 17.1. The number of rotatable bonds is 8. The quantitative estimate of drug-likeness (QED) is 0.299. The summed E-state index contributed by atoms with van der Waals surface area (Å²) in [6.45, 7) is 3.20. The van der Waals surface area contributed by atoms with Gasteiger partial charge in [-0.2, -0.15) is 0 Å². The average Bonchev–Trinajstić information content (AvgIpc) is 2.90. The molecular formula is C31H30N2O2. The van der Waals surface area contributed by atoms with E-state index < -0.39 is 5.66 Å². The van der Waals surface area contributed by atoms with Crippen LogP contribution in [0.2, 0.25) is 0 Å². The maximum absolute atomic E-state index is 13.7. The molecule has 35 heavy (non-hydrogen) atoms. The third kappa shape index (κ3) is 4.92. The van der Waals surface area contributed by atoms with E-state index in [1.807, 2.05) is 65.6 Å². The predicted octanol–water partition coefficient (Wildman–Crippen LogP) is 6.64. The zero-order chi connectivity index (χ0) is 24.1. The number of para-hydroxylation sites is 1. The van der Waals surface area contributed by atoms with Crippen molar-refractivity contribution in [3.05, 3.63) is 131 Å². The number of fused-ring (bicyclic) bond motifs is 1. The van der Waals surface area contributed by atoms with Crippen molar-refractivity contribution in [3.63, 3.8) is 0 Å². The summed E-state index contributed by atoms with van der Waals surface area (Å²) in [5.74, 6) is 0.824. The van der Waals surface area contributed by atoms with Crippen LogP contribution in [0.15, 0.2) is 109 Å². The molecule has 0 spiro atoms. The Morgan fingerprint density at radius 3 is 2.26 bits per heavy atom. The number of anilines is 1. The largest absolute Gasteiger partial charge is 0.494 e. The molecule has 4 nitrogen and oxygen atoms in total. The molecule has 0 aliphatic carbocycles. The normalized spacial score (nSPS) is 16.9. The summed E-state index contributed by atoms with van der Waals surface area (Å²) in [4.78, 5) is 15.6. The number of amides is 1. The molecule has 1 heterocycles. The van der Waals surface area contributed by atoms with Crippen LogP contribution in [0, 0.1) is 0 Å². The molecule has 1 atom stereocenters. The second-order valence-corrected chi connectivity index (χ2v) is 9.09. The van der Waals surface area contributed by atoms with Gasteiger partial charge < -0.3 is 15.0 Å². The van der Waals surface area contributed by atoms with Crippen molar-refractivity contribution in [1.29, 1.82) is 0 Å². The average molecular weight is 463 g/mol. The Morgan fingerprint density at radius 2 is 1.49 bits per heavy atom. The summed E-state index contributed by atoms with van der Waals surface area (Å²) < 4.78 is 6.12. The van der Waals surface area contributed by atoms with Crippen molar-refractivity contribution < 1.29 is 9.53 Å². The zero-order valence-corrected chi connectivity index (χ0v) is 20.0. The molecule has 1 N–H and O–H groups in total. The Hall–Kier alpha value is -4.05. The lowest BCUT2D eigenvalue weighted by Crippen LogP contribution is -2.55. The first-order valence-electron chi connectivity index (χ1n) is 12.1. The van der Waals surface area contributed by atoms with Crippen LogP contribution in [0.1, 0.15) is 40.4 Å². The summed E-state index contributed by atoms with van der Waals surface area (Å²) in [5.41, 5.74) is 4.19. The number of hydrogen-bond acceptors (Lipinski definition) is 3. The second-order valence-electron chi connectivity index (χ2n) is 9.09. The highest BCUT2D eigenvalue weighted by Crippen LogP contribution is 2.39. The van der Waals surface area contributed by atoms with Crippen LogP contribution in [0.25, 0.3) is 0 Å². The number of carbonyl (C=O) groups excluding carboxylic acids is 1. The molecule has 4 heteroatoms. The van der Waals surface area contributed by atoms with E-state index >= 15 is 0 Å². The number of benzene rings is 4. The summed E-state index contributed by atoms with van der Waals surface area (Å²) in [5, 5.41) is 3.66. The summed E-state index contributed by atoms with van der Waals surface area (Å²) in [7, 11) is 0. The van der Waals surface area contributed by atoms with Gasteiger partial charge in [-0.1, -0.05) is 84.9 Å². The summed E-state index contributed by atoms with van der Waals surface area (Å²) in [6, 6.07) is 36.4. The fraction of sp³-hybridized carbons (Fsp3) is 0.194. The third-order valence-corrected chi connectivity index (χ3v) is 6.62. The van der Waals surface area contributed by atoms with E-state index in [0.717, 1.165) is 35.4 Å². The van der Waals surface area contributed by atoms with Crippen LogP contribution in [-0.2, 0) is 18.6 Å². The molecular weight excluding hydrogens is 432 g/mol. The van der Waals surface area contributed by atoms with Crippen LogP contribution in [0.5, 0.6) is 5.75 Å². The summed E-state index contributed by atoms with van der Waals surface area (Å²) >= 11 is 0. The fourth-order valence-electron chi connectivity index (χ4n) is 4.68. The molecule has 4 aromatic carbocycles. The van der Waals surface area contributed by atoms with Gasteiger partial charge in [-0.3, -0.25) is 4.79 Å². The second kappa shape index (κ2) is 10.1. The lowest BCUT2D eigenvalue weighted by Gasteiger charge is -2.47. The van der Waals surface area contributed by atoms with Gasteiger partial charge in [0.05, 0.1) is 12.2 Å². The smallest absolute Gasteiger partial charge is 0.258 e. The maximum Gasteiger partial charge on any atom is 0.258 e. The molecule has 5 rings (SSSR count). The van der Waals surface area contributed by atoms with Crippen molar-refractivity contribution in [2.45, 2.75) is 32.0 Å². The molecule has 0 radical (unpaired) electrons. The van der Waals surface area contributed by atoms with Crippen LogP contribution < -0.4 is 10.1 Å². The molecule has 1 aliphatic rings. The molecule has 4 aromatic rings. The minimum atomic E-state index is -0.731. The predicted molar refractivity (Wildman–Crippen MR) is 140 cm³/mol. The number of carbonyl (C=O) groups is 1. The van der Waals surface area contributed by atoms with Crippen LogP contribution in [0.4, 0.5) is 5.69 Å². The van der Waals surface area contributed by atoms with Gasteiger partial charge in [0.25, 0.3) is 5.91 Å². The van der Waals surface area contributed by atoms with Crippen molar-refractivity contribution in [2.75, 3.05) is 11.9 Å². The van der Waals surface area contributed by atoms with E-state index in [1.165, 1.54) is 5.56 Å². The topological polar surface area (TPSA) is 41.6 Å². The van der Waals surface area contributed by atoms with E-state index in [1.54, 1.807) is 0 Å². The standard InChI is InChI=1S/C31H30N2O2/c1-31(26-17-10-18-27(22-26)35-21-11-16-24-12-4-2-5-13-24)32-29-20-9-8-19-28(29)30(34)33(31)23-25-14-6-3-7-15-25/h2-10,12-15,17-20,22,32H,11,16,21,23H2,1H3. The lowest BCUT2D eigenvalue weighted by atomic mass is 9.92.